The molecule has 0 amide bonds. The topological polar surface area (TPSA) is 18.8 Å². The Morgan fingerprint density at radius 1 is 0.341 bits per heavy atom. The summed E-state index contributed by atoms with van der Waals surface area (Å²) in [6, 6.07) is 58.3. The fourth-order valence-electron chi connectivity index (χ4n) is 4.91. The molecular weight excluding hydrogens is 534 g/mol. The van der Waals surface area contributed by atoms with Crippen molar-refractivity contribution < 1.29 is 0 Å². The third kappa shape index (κ3) is 7.28. The highest BCUT2D eigenvalue weighted by atomic mass is 15.5. The van der Waals surface area contributed by atoms with E-state index < -0.39 is 0 Å². The van der Waals surface area contributed by atoms with Crippen molar-refractivity contribution >= 4 is 46.8 Å². The maximum atomic E-state index is 4.87. The molecule has 44 heavy (non-hydrogen) atoms. The molecule has 0 heterocycles. The normalized spacial score (nSPS) is 11.4. The van der Waals surface area contributed by atoms with Gasteiger partial charge in [0.2, 0.25) is 0 Å². The van der Waals surface area contributed by atoms with Crippen molar-refractivity contribution in [1.29, 1.82) is 0 Å². The number of hydrazone groups is 1. The van der Waals surface area contributed by atoms with Crippen LogP contribution in [-0.2, 0) is 0 Å². The molecule has 0 aliphatic carbocycles. The zero-order valence-corrected chi connectivity index (χ0v) is 24.4. The zero-order chi connectivity index (χ0) is 29.8. The molecule has 0 saturated carbocycles. The van der Waals surface area contributed by atoms with E-state index in [1.807, 2.05) is 71.9 Å². The number of rotatable bonds is 10. The zero-order valence-electron chi connectivity index (χ0n) is 24.4. The number of allylic oxidation sites excluding steroid dienone is 2. The minimum atomic E-state index is 1.01. The van der Waals surface area contributed by atoms with Gasteiger partial charge in [-0.05, 0) is 77.4 Å². The van der Waals surface area contributed by atoms with E-state index in [0.29, 0.717) is 0 Å². The Balaban J connectivity index is 1.22. The molecule has 212 valence electrons. The molecular formula is C41H33N3. The lowest BCUT2D eigenvalue weighted by Gasteiger charge is -2.25. The molecule has 0 unspecified atom stereocenters. The molecule has 0 atom stereocenters. The van der Waals surface area contributed by atoms with Gasteiger partial charge in [-0.3, -0.25) is 0 Å². The number of hydrogen-bond donors (Lipinski definition) is 0. The van der Waals surface area contributed by atoms with E-state index >= 15 is 0 Å². The van der Waals surface area contributed by atoms with Crippen LogP contribution in [0, 0.1) is 0 Å². The molecule has 6 aromatic rings. The Kier molecular flexibility index (Phi) is 9.17. The number of hydrogen-bond acceptors (Lipinski definition) is 3. The van der Waals surface area contributed by atoms with Crippen molar-refractivity contribution in [2.45, 2.75) is 0 Å². The van der Waals surface area contributed by atoms with Crippen molar-refractivity contribution in [3.05, 3.63) is 199 Å². The summed E-state index contributed by atoms with van der Waals surface area (Å²) in [5.74, 6) is 0. The van der Waals surface area contributed by atoms with Crippen LogP contribution in [0.3, 0.4) is 0 Å². The van der Waals surface area contributed by atoms with Crippen molar-refractivity contribution in [3.63, 3.8) is 0 Å². The van der Waals surface area contributed by atoms with Crippen LogP contribution in [0.1, 0.15) is 16.7 Å². The summed E-state index contributed by atoms with van der Waals surface area (Å²) in [6.07, 6.45) is 10.3. The quantitative estimate of drug-likeness (QED) is 0.0931. The predicted octanol–water partition coefficient (Wildman–Crippen LogP) is 11.1. The highest BCUT2D eigenvalue weighted by Gasteiger charge is 2.12. The second kappa shape index (κ2) is 14.3. The van der Waals surface area contributed by atoms with Crippen LogP contribution in [0.15, 0.2) is 187 Å². The molecule has 0 N–H and O–H groups in total. The smallest absolute Gasteiger partial charge is 0.0652 e. The minimum Gasteiger partial charge on any atom is -0.311 e. The second-order valence-corrected chi connectivity index (χ2v) is 10.2. The van der Waals surface area contributed by atoms with Crippen LogP contribution in [0.25, 0.3) is 12.2 Å². The maximum absolute atomic E-state index is 4.87. The van der Waals surface area contributed by atoms with Crippen LogP contribution in [0.2, 0.25) is 0 Å². The van der Waals surface area contributed by atoms with Crippen molar-refractivity contribution in [3.8, 4) is 0 Å². The summed E-state index contributed by atoms with van der Waals surface area (Å²) in [5.41, 5.74) is 8.63. The number of benzene rings is 6. The van der Waals surface area contributed by atoms with Gasteiger partial charge < -0.3 is 4.90 Å². The van der Waals surface area contributed by atoms with Crippen LogP contribution >= 0.6 is 0 Å². The molecule has 0 radical (unpaired) electrons. The third-order valence-electron chi connectivity index (χ3n) is 7.13. The first-order valence-electron chi connectivity index (χ1n) is 14.7. The van der Waals surface area contributed by atoms with Crippen LogP contribution < -0.4 is 9.91 Å². The monoisotopic (exact) mass is 567 g/mol. The molecule has 3 heteroatoms. The van der Waals surface area contributed by atoms with Gasteiger partial charge in [0, 0.05) is 17.1 Å². The van der Waals surface area contributed by atoms with Crippen molar-refractivity contribution in [2.24, 2.45) is 5.10 Å². The van der Waals surface area contributed by atoms with Crippen LogP contribution in [0.5, 0.6) is 0 Å². The Labute approximate surface area is 260 Å². The molecule has 0 aromatic heterocycles. The van der Waals surface area contributed by atoms with E-state index in [-0.39, 0.29) is 0 Å². The standard InChI is InChI=1S/C41H33N3/c1-5-15-34(16-6-1)17-13-14-18-35-25-29-38(30-26-35)43(37-19-7-2-8-20-37)39-31-27-36(28-32-39)33-42-44(40-21-9-3-10-22-40)41-23-11-4-12-24-41/h1-33H/b17-13?,18-14?,42-33+. The molecule has 0 spiro atoms. The summed E-state index contributed by atoms with van der Waals surface area (Å²) in [5, 5.41) is 6.82. The third-order valence-corrected chi connectivity index (χ3v) is 7.13. The Bertz CT molecular complexity index is 1770. The number of anilines is 5. The Morgan fingerprint density at radius 2 is 0.705 bits per heavy atom. The lowest BCUT2D eigenvalue weighted by molar-refractivity contribution is 1.09. The van der Waals surface area contributed by atoms with Gasteiger partial charge >= 0.3 is 0 Å². The highest BCUT2D eigenvalue weighted by Crippen LogP contribution is 2.34. The average molecular weight is 568 g/mol. The van der Waals surface area contributed by atoms with Crippen molar-refractivity contribution in [1.82, 2.24) is 0 Å². The fourth-order valence-corrected chi connectivity index (χ4v) is 4.91. The van der Waals surface area contributed by atoms with Gasteiger partial charge in [0.25, 0.3) is 0 Å². The summed E-state index contributed by atoms with van der Waals surface area (Å²) >= 11 is 0. The van der Waals surface area contributed by atoms with Crippen molar-refractivity contribution in [2.75, 3.05) is 9.91 Å². The van der Waals surface area contributed by atoms with Gasteiger partial charge in [0.1, 0.15) is 0 Å². The number of para-hydroxylation sites is 3. The molecule has 0 bridgehead atoms. The summed E-state index contributed by atoms with van der Waals surface area (Å²) in [7, 11) is 0. The molecule has 3 nitrogen and oxygen atoms in total. The summed E-state index contributed by atoms with van der Waals surface area (Å²) < 4.78 is 0. The summed E-state index contributed by atoms with van der Waals surface area (Å²) in [4.78, 5) is 2.27. The van der Waals surface area contributed by atoms with Gasteiger partial charge in [-0.25, -0.2) is 5.01 Å². The fraction of sp³-hybridized carbons (Fsp3) is 0. The Hall–Kier alpha value is -5.93. The SMILES string of the molecule is C(C=Cc1ccc(N(c2ccccc2)c2ccc(/C=N/N(c3ccccc3)c3ccccc3)cc2)cc1)=Cc1ccccc1. The molecule has 0 aliphatic heterocycles. The summed E-state index contributed by atoms with van der Waals surface area (Å²) in [6.45, 7) is 0. The van der Waals surface area contributed by atoms with Gasteiger partial charge in [0.15, 0.2) is 0 Å². The van der Waals surface area contributed by atoms with Gasteiger partial charge in [0.05, 0.1) is 17.6 Å². The van der Waals surface area contributed by atoms with Gasteiger partial charge in [-0.1, -0.05) is 133 Å². The van der Waals surface area contributed by atoms with E-state index in [1.54, 1.807) is 0 Å². The van der Waals surface area contributed by atoms with E-state index in [9.17, 15) is 0 Å². The first-order valence-corrected chi connectivity index (χ1v) is 14.7. The van der Waals surface area contributed by atoms with Crippen LogP contribution in [-0.4, -0.2) is 6.21 Å². The first-order chi connectivity index (χ1) is 21.8. The average Bonchev–Trinajstić information content (AvgIpc) is 3.10. The Morgan fingerprint density at radius 3 is 1.18 bits per heavy atom. The van der Waals surface area contributed by atoms with Gasteiger partial charge in [-0.2, -0.15) is 5.10 Å². The molecule has 6 aromatic carbocycles. The second-order valence-electron chi connectivity index (χ2n) is 10.2. The van der Waals surface area contributed by atoms with Gasteiger partial charge in [-0.15, -0.1) is 0 Å². The van der Waals surface area contributed by atoms with E-state index in [4.69, 9.17) is 5.10 Å². The largest absolute Gasteiger partial charge is 0.311 e. The van der Waals surface area contributed by atoms with Crippen LogP contribution in [0.4, 0.5) is 28.4 Å². The van der Waals surface area contributed by atoms with E-state index in [1.165, 1.54) is 5.56 Å². The molecule has 0 saturated heterocycles. The molecule has 0 aliphatic rings. The first kappa shape index (κ1) is 28.2. The predicted molar refractivity (Wildman–Crippen MR) is 188 cm³/mol. The van der Waals surface area contributed by atoms with E-state index in [0.717, 1.165) is 39.6 Å². The molecule has 6 rings (SSSR count). The maximum Gasteiger partial charge on any atom is 0.0652 e. The lowest BCUT2D eigenvalue weighted by atomic mass is 10.1. The van der Waals surface area contributed by atoms with E-state index in [2.05, 4.69) is 138 Å². The minimum absolute atomic E-state index is 1.01. The number of nitrogens with zero attached hydrogens (tertiary/aromatic N) is 3. The highest BCUT2D eigenvalue weighted by molar-refractivity contribution is 5.84. The molecule has 0 fully saturated rings. The lowest BCUT2D eigenvalue weighted by Crippen LogP contribution is -2.10.